The number of aromatic nitrogens is 3. The molecule has 0 amide bonds. The molecule has 0 saturated heterocycles. The molecule has 266 valence electrons. The zero-order valence-corrected chi connectivity index (χ0v) is 30.7. The monoisotopic (exact) mass is 729 g/mol. The highest BCUT2D eigenvalue weighted by Gasteiger charge is 2.16. The van der Waals surface area contributed by atoms with E-state index in [1.807, 2.05) is 28.8 Å². The van der Waals surface area contributed by atoms with E-state index < -0.39 is 0 Å². The van der Waals surface area contributed by atoms with Gasteiger partial charge in [0.1, 0.15) is 0 Å². The lowest BCUT2D eigenvalue weighted by Gasteiger charge is -2.15. The third-order valence-electron chi connectivity index (χ3n) is 11.5. The Bertz CT molecular complexity index is 3870. The van der Waals surface area contributed by atoms with Crippen LogP contribution < -0.4 is 0 Å². The van der Waals surface area contributed by atoms with Crippen LogP contribution in [0, 0.1) is 0 Å². The molecular weight excluding hydrogens is 691 g/mol. The molecular formula is C54H35N3. The lowest BCUT2D eigenvalue weighted by molar-refractivity contribution is 1.16. The Hall–Kier alpha value is -7.62. The van der Waals surface area contributed by atoms with Crippen LogP contribution in [0.3, 0.4) is 0 Å². The van der Waals surface area contributed by atoms with Gasteiger partial charge in [-0.15, -0.1) is 0 Å². The molecule has 0 radical (unpaired) electrons. The van der Waals surface area contributed by atoms with Gasteiger partial charge >= 0.3 is 0 Å². The van der Waals surface area contributed by atoms with Gasteiger partial charge in [-0.3, -0.25) is 0 Å². The van der Waals surface area contributed by atoms with Gasteiger partial charge in [0, 0.05) is 49.6 Å². The van der Waals surface area contributed by atoms with Crippen molar-refractivity contribution in [1.82, 2.24) is 13.7 Å². The first-order chi connectivity index (χ1) is 29.9. The van der Waals surface area contributed by atoms with Crippen molar-refractivity contribution in [3.05, 3.63) is 212 Å². The molecule has 0 aliphatic heterocycles. The largest absolute Gasteiger partial charge is 0.310 e. The number of fused-ring (bicyclic) bond motifs is 11. The molecule has 0 atom stereocenters. The predicted molar refractivity (Wildman–Crippen MR) is 242 cm³/mol. The van der Waals surface area contributed by atoms with Crippen molar-refractivity contribution < 1.29 is 5.48 Å². The van der Waals surface area contributed by atoms with Crippen molar-refractivity contribution in [1.29, 1.82) is 0 Å². The van der Waals surface area contributed by atoms with Crippen molar-refractivity contribution in [2.24, 2.45) is 0 Å². The number of hydrogen-bond donors (Lipinski definition) is 0. The van der Waals surface area contributed by atoms with Crippen LogP contribution in [0.2, 0.25) is 0 Å². The maximum Gasteiger partial charge on any atom is 0.0645 e. The normalized spacial score (nSPS) is 12.8. The fourth-order valence-electron chi connectivity index (χ4n) is 8.92. The second kappa shape index (κ2) is 12.5. The summed E-state index contributed by atoms with van der Waals surface area (Å²) in [4.78, 5) is 0. The van der Waals surface area contributed by atoms with E-state index in [-0.39, 0.29) is 24.2 Å². The highest BCUT2D eigenvalue weighted by Crippen LogP contribution is 2.37. The molecule has 0 spiro atoms. The standard InChI is InChI=1S/C54H35N3/c1-2-15-41(16-3-1)55-42-17-8-13-39(31-42)40-14-9-18-43(32-40)56(45-28-26-38-24-23-37-25-27-44(55)33-49(37)50(38)34-45)46-29-30-54-51(35-46)48-20-6-7-21-53(48)57(54)52-22-10-12-36-11-4-5-19-47(36)52/h1-35H/i6D,7D,20D,21D. The maximum atomic E-state index is 9.31. The van der Waals surface area contributed by atoms with Gasteiger partial charge in [-0.25, -0.2) is 0 Å². The molecule has 8 bridgehead atoms. The molecule has 12 aromatic rings. The summed E-state index contributed by atoms with van der Waals surface area (Å²) in [5.41, 5.74) is 8.10. The van der Waals surface area contributed by atoms with E-state index in [0.29, 0.717) is 10.9 Å². The summed E-state index contributed by atoms with van der Waals surface area (Å²) in [5.74, 6) is 0. The van der Waals surface area contributed by atoms with E-state index in [4.69, 9.17) is 2.74 Å². The minimum Gasteiger partial charge on any atom is -0.310 e. The van der Waals surface area contributed by atoms with Crippen LogP contribution in [0.15, 0.2) is 212 Å². The second-order valence-electron chi connectivity index (χ2n) is 14.7. The van der Waals surface area contributed by atoms with Crippen LogP contribution in [-0.2, 0) is 0 Å². The summed E-state index contributed by atoms with van der Waals surface area (Å²) < 4.78 is 42.8. The van der Waals surface area contributed by atoms with E-state index >= 15 is 0 Å². The van der Waals surface area contributed by atoms with Crippen LogP contribution in [0.1, 0.15) is 5.48 Å². The highest BCUT2D eigenvalue weighted by atomic mass is 15.0. The average Bonchev–Trinajstić information content (AvgIpc) is 3.65. The number of para-hydroxylation sites is 2. The third-order valence-corrected chi connectivity index (χ3v) is 11.5. The van der Waals surface area contributed by atoms with Gasteiger partial charge < -0.3 is 13.7 Å². The molecule has 0 fully saturated rings. The van der Waals surface area contributed by atoms with E-state index in [2.05, 4.69) is 173 Å². The SMILES string of the molecule is [2H]c1c([2H])c([2H])c2c(c1[2H])c1cc(-n3c4cccc(c4)c4cccc(c4)n(-c4ccccc4)c4ccc5ccc6ccc3cc6c5c4)ccc1n2-c1cccc2ccccc12. The first kappa shape index (κ1) is 27.9. The second-order valence-corrected chi connectivity index (χ2v) is 14.7. The predicted octanol–water partition coefficient (Wildman–Crippen LogP) is 14.4. The van der Waals surface area contributed by atoms with Gasteiger partial charge in [0.05, 0.1) is 22.2 Å². The molecule has 0 aliphatic carbocycles. The molecule has 57 heavy (non-hydrogen) atoms. The Morgan fingerprint density at radius 2 is 0.860 bits per heavy atom. The quantitative estimate of drug-likeness (QED) is 0.161. The van der Waals surface area contributed by atoms with Crippen molar-refractivity contribution >= 4 is 87.0 Å². The first-order valence-corrected chi connectivity index (χ1v) is 19.3. The van der Waals surface area contributed by atoms with Crippen molar-refractivity contribution in [3.63, 3.8) is 0 Å². The molecule has 10 aromatic carbocycles. The third kappa shape index (κ3) is 4.99. The van der Waals surface area contributed by atoms with Crippen LogP contribution in [0.5, 0.6) is 0 Å². The summed E-state index contributed by atoms with van der Waals surface area (Å²) >= 11 is 0. The molecule has 3 heteroatoms. The van der Waals surface area contributed by atoms with E-state index in [1.165, 1.54) is 0 Å². The Kier molecular flexibility index (Phi) is 6.09. The van der Waals surface area contributed by atoms with E-state index in [1.54, 1.807) is 0 Å². The van der Waals surface area contributed by atoms with Gasteiger partial charge in [-0.2, -0.15) is 0 Å². The molecule has 0 N–H and O–H groups in total. The van der Waals surface area contributed by atoms with Crippen molar-refractivity contribution in [2.75, 3.05) is 0 Å². The fraction of sp³-hybridized carbons (Fsp3) is 0. The molecule has 0 aliphatic rings. The average molecular weight is 730 g/mol. The number of hydrogen-bond acceptors (Lipinski definition) is 0. The highest BCUT2D eigenvalue weighted by molar-refractivity contribution is 6.12. The van der Waals surface area contributed by atoms with E-state index in [0.717, 1.165) is 93.1 Å². The van der Waals surface area contributed by atoms with Gasteiger partial charge in [0.25, 0.3) is 0 Å². The van der Waals surface area contributed by atoms with Crippen LogP contribution in [0.4, 0.5) is 0 Å². The molecule has 3 nitrogen and oxygen atoms in total. The van der Waals surface area contributed by atoms with Gasteiger partial charge in [0.2, 0.25) is 0 Å². The molecule has 12 rings (SSSR count). The molecule has 2 heterocycles. The maximum absolute atomic E-state index is 9.31. The fourth-order valence-corrected chi connectivity index (χ4v) is 8.92. The zero-order valence-electron chi connectivity index (χ0n) is 34.7. The topological polar surface area (TPSA) is 14.8 Å². The van der Waals surface area contributed by atoms with Gasteiger partial charge in [-0.05, 0) is 129 Å². The smallest absolute Gasteiger partial charge is 0.0645 e. The first-order valence-electron chi connectivity index (χ1n) is 21.3. The van der Waals surface area contributed by atoms with Gasteiger partial charge in [0.15, 0.2) is 0 Å². The Labute approximate surface area is 334 Å². The molecule has 0 unspecified atom stereocenters. The summed E-state index contributed by atoms with van der Waals surface area (Å²) in [7, 11) is 0. The van der Waals surface area contributed by atoms with Crippen LogP contribution >= 0.6 is 0 Å². The minimum absolute atomic E-state index is 0.0578. The summed E-state index contributed by atoms with van der Waals surface area (Å²) in [5, 5.41) is 9.97. The Morgan fingerprint density at radius 1 is 0.298 bits per heavy atom. The van der Waals surface area contributed by atoms with E-state index in [9.17, 15) is 2.74 Å². The number of benzene rings is 10. The number of rotatable bonds is 3. The summed E-state index contributed by atoms with van der Waals surface area (Å²) in [6.45, 7) is 0. The van der Waals surface area contributed by atoms with Crippen LogP contribution in [-0.4, -0.2) is 13.7 Å². The lowest BCUT2D eigenvalue weighted by atomic mass is 10.0. The Morgan fingerprint density at radius 3 is 1.60 bits per heavy atom. The zero-order chi connectivity index (χ0) is 40.9. The number of nitrogens with zero attached hydrogens (tertiary/aromatic N) is 3. The van der Waals surface area contributed by atoms with Gasteiger partial charge in [-0.1, -0.05) is 121 Å². The molecule has 0 saturated carbocycles. The Balaban J connectivity index is 1.24. The van der Waals surface area contributed by atoms with Crippen LogP contribution in [0.25, 0.3) is 104 Å². The minimum atomic E-state index is -0.254. The lowest BCUT2D eigenvalue weighted by Crippen LogP contribution is -1.99. The van der Waals surface area contributed by atoms with Crippen molar-refractivity contribution in [2.45, 2.75) is 0 Å². The summed E-state index contributed by atoms with van der Waals surface area (Å²) in [6, 6.07) is 65.5. The molecule has 2 aromatic heterocycles. The summed E-state index contributed by atoms with van der Waals surface area (Å²) in [6.07, 6.45) is 0. The van der Waals surface area contributed by atoms with Crippen molar-refractivity contribution in [3.8, 4) is 17.1 Å².